The largest absolute Gasteiger partial charge is 0.463 e. The Balaban J connectivity index is 1.58. The Labute approximate surface area is 129 Å². The lowest BCUT2D eigenvalue weighted by atomic mass is 9.99. The van der Waals surface area contributed by atoms with Crippen molar-refractivity contribution in [2.45, 2.75) is 19.4 Å². The number of nitrogens with one attached hydrogen (secondary N) is 1. The van der Waals surface area contributed by atoms with Gasteiger partial charge in [-0.2, -0.15) is 0 Å². The van der Waals surface area contributed by atoms with Crippen molar-refractivity contribution < 1.29 is 9.21 Å². The molecule has 2 unspecified atom stereocenters. The van der Waals surface area contributed by atoms with E-state index in [4.69, 9.17) is 4.42 Å². The van der Waals surface area contributed by atoms with E-state index in [0.29, 0.717) is 11.5 Å². The Bertz CT molecular complexity index is 796. The zero-order chi connectivity index (χ0) is 15.1. The monoisotopic (exact) mass is 294 g/mol. The highest BCUT2D eigenvalue weighted by Crippen LogP contribution is 2.28. The van der Waals surface area contributed by atoms with Crippen molar-refractivity contribution in [2.75, 3.05) is 19.6 Å². The predicted molar refractivity (Wildman–Crippen MR) is 84.6 cm³/mol. The highest BCUT2D eigenvalue weighted by Gasteiger charge is 2.38. The smallest absolute Gasteiger partial charge is 0.251 e. The van der Waals surface area contributed by atoms with Gasteiger partial charge in [-0.25, -0.2) is 0 Å². The SMILES string of the molecule is CC#Cc1coc2ccc(C(=O)NC3CN4CC[C@@H]3C4)cc12. The summed E-state index contributed by atoms with van der Waals surface area (Å²) in [6.07, 6.45) is 2.84. The summed E-state index contributed by atoms with van der Waals surface area (Å²) in [5.74, 6) is 6.49. The van der Waals surface area contributed by atoms with Crippen LogP contribution in [-0.2, 0) is 0 Å². The predicted octanol–water partition coefficient (Wildman–Crippen LogP) is 2.24. The summed E-state index contributed by atoms with van der Waals surface area (Å²) >= 11 is 0. The molecule has 22 heavy (non-hydrogen) atoms. The second kappa shape index (κ2) is 5.19. The van der Waals surface area contributed by atoms with Crippen LogP contribution in [0.5, 0.6) is 0 Å². The summed E-state index contributed by atoms with van der Waals surface area (Å²) in [6, 6.07) is 5.82. The van der Waals surface area contributed by atoms with Crippen LogP contribution >= 0.6 is 0 Å². The number of hydrogen-bond acceptors (Lipinski definition) is 3. The summed E-state index contributed by atoms with van der Waals surface area (Å²) in [5, 5.41) is 4.09. The number of carbonyl (C=O) groups is 1. The van der Waals surface area contributed by atoms with Gasteiger partial charge in [-0.15, -0.1) is 5.92 Å². The number of nitrogens with zero attached hydrogens (tertiary/aromatic N) is 1. The van der Waals surface area contributed by atoms with E-state index in [2.05, 4.69) is 22.1 Å². The molecule has 2 aliphatic rings. The van der Waals surface area contributed by atoms with Crippen LogP contribution in [0.1, 0.15) is 29.3 Å². The summed E-state index contributed by atoms with van der Waals surface area (Å²) in [7, 11) is 0. The molecule has 2 aliphatic heterocycles. The van der Waals surface area contributed by atoms with Gasteiger partial charge in [-0.3, -0.25) is 4.79 Å². The summed E-state index contributed by atoms with van der Waals surface area (Å²) < 4.78 is 5.47. The van der Waals surface area contributed by atoms with E-state index >= 15 is 0 Å². The summed E-state index contributed by atoms with van der Waals surface area (Å²) in [4.78, 5) is 14.9. The van der Waals surface area contributed by atoms with Gasteiger partial charge in [-0.05, 0) is 44.0 Å². The van der Waals surface area contributed by atoms with E-state index in [0.717, 1.165) is 29.6 Å². The molecule has 4 heteroatoms. The first-order valence-electron chi connectivity index (χ1n) is 7.72. The normalized spacial score (nSPS) is 26.0. The van der Waals surface area contributed by atoms with E-state index in [-0.39, 0.29) is 11.9 Å². The number of rotatable bonds is 2. The van der Waals surface area contributed by atoms with E-state index < -0.39 is 0 Å². The second-order valence-electron chi connectivity index (χ2n) is 6.12. The maximum Gasteiger partial charge on any atom is 0.251 e. The Morgan fingerprint density at radius 3 is 3.05 bits per heavy atom. The fraction of sp³-hybridized carbons (Fsp3) is 0.389. The first-order valence-corrected chi connectivity index (χ1v) is 7.72. The lowest BCUT2D eigenvalue weighted by Gasteiger charge is -2.23. The number of furan rings is 1. The summed E-state index contributed by atoms with van der Waals surface area (Å²) in [5.41, 5.74) is 2.27. The summed E-state index contributed by atoms with van der Waals surface area (Å²) in [6.45, 7) is 5.08. The molecule has 2 saturated heterocycles. The van der Waals surface area contributed by atoms with Crippen LogP contribution in [-0.4, -0.2) is 36.5 Å². The van der Waals surface area contributed by atoms with Crippen molar-refractivity contribution >= 4 is 16.9 Å². The molecule has 0 aliphatic carbocycles. The molecule has 1 aromatic carbocycles. The molecule has 2 bridgehead atoms. The van der Waals surface area contributed by atoms with Crippen molar-refractivity contribution in [3.63, 3.8) is 0 Å². The molecule has 3 atom stereocenters. The van der Waals surface area contributed by atoms with Gasteiger partial charge in [0.2, 0.25) is 0 Å². The molecule has 1 aromatic heterocycles. The standard InChI is InChI=1S/C18H18N2O2/c1-2-3-14-11-22-17-5-4-12(8-15(14)17)18(21)19-16-10-20-7-6-13(16)9-20/h4-5,8,11,13,16H,6-7,9-10H2,1H3,(H,19,21)/t13-,16?/m1/s1. The number of carbonyl (C=O) groups excluding carboxylic acids is 1. The molecular weight excluding hydrogens is 276 g/mol. The molecule has 2 fully saturated rings. The van der Waals surface area contributed by atoms with Gasteiger partial charge in [0.1, 0.15) is 11.8 Å². The minimum atomic E-state index is -0.00254. The van der Waals surface area contributed by atoms with Crippen molar-refractivity contribution in [3.8, 4) is 11.8 Å². The topological polar surface area (TPSA) is 45.5 Å². The number of amides is 1. The Hall–Kier alpha value is -2.25. The highest BCUT2D eigenvalue weighted by molar-refractivity contribution is 5.99. The number of hydrogen-bond donors (Lipinski definition) is 1. The highest BCUT2D eigenvalue weighted by atomic mass is 16.3. The van der Waals surface area contributed by atoms with Gasteiger partial charge < -0.3 is 14.6 Å². The Morgan fingerprint density at radius 1 is 1.41 bits per heavy atom. The first-order chi connectivity index (χ1) is 10.7. The lowest BCUT2D eigenvalue weighted by Crippen LogP contribution is -2.43. The van der Waals surface area contributed by atoms with Crippen molar-refractivity contribution in [3.05, 3.63) is 35.6 Å². The average Bonchev–Trinajstić information content (AvgIpc) is 3.23. The van der Waals surface area contributed by atoms with Gasteiger partial charge in [0.05, 0.1) is 5.56 Å². The maximum atomic E-state index is 12.5. The van der Waals surface area contributed by atoms with E-state index in [1.807, 2.05) is 18.2 Å². The quantitative estimate of drug-likeness (QED) is 0.864. The molecule has 1 N–H and O–H groups in total. The Kier molecular flexibility index (Phi) is 3.16. The first kappa shape index (κ1) is 13.4. The average molecular weight is 294 g/mol. The molecule has 0 spiro atoms. The number of fused-ring (bicyclic) bond motifs is 3. The zero-order valence-corrected chi connectivity index (χ0v) is 12.6. The minimum absolute atomic E-state index is 0.00254. The number of benzene rings is 1. The molecule has 4 nitrogen and oxygen atoms in total. The molecule has 1 amide bonds. The van der Waals surface area contributed by atoms with Crippen molar-refractivity contribution in [1.29, 1.82) is 0 Å². The van der Waals surface area contributed by atoms with Gasteiger partial charge >= 0.3 is 0 Å². The van der Waals surface area contributed by atoms with Crippen LogP contribution in [0.2, 0.25) is 0 Å². The molecule has 3 heterocycles. The molecule has 112 valence electrons. The minimum Gasteiger partial charge on any atom is -0.463 e. The molecule has 4 rings (SSSR count). The van der Waals surface area contributed by atoms with Crippen LogP contribution in [0.15, 0.2) is 28.9 Å². The molecule has 2 aromatic rings. The zero-order valence-electron chi connectivity index (χ0n) is 12.6. The van der Waals surface area contributed by atoms with Crippen molar-refractivity contribution in [2.24, 2.45) is 5.92 Å². The van der Waals surface area contributed by atoms with E-state index in [1.54, 1.807) is 13.2 Å². The van der Waals surface area contributed by atoms with Crippen LogP contribution in [0.25, 0.3) is 11.0 Å². The third-order valence-corrected chi connectivity index (χ3v) is 4.74. The van der Waals surface area contributed by atoms with Crippen LogP contribution in [0.4, 0.5) is 0 Å². The second-order valence-corrected chi connectivity index (χ2v) is 6.12. The van der Waals surface area contributed by atoms with E-state index in [1.165, 1.54) is 13.0 Å². The third-order valence-electron chi connectivity index (χ3n) is 4.74. The van der Waals surface area contributed by atoms with Crippen LogP contribution in [0, 0.1) is 17.8 Å². The van der Waals surface area contributed by atoms with E-state index in [9.17, 15) is 4.79 Å². The van der Waals surface area contributed by atoms with Gasteiger partial charge in [-0.1, -0.05) is 5.92 Å². The van der Waals surface area contributed by atoms with Gasteiger partial charge in [0.25, 0.3) is 5.91 Å². The fourth-order valence-electron chi connectivity index (χ4n) is 3.60. The van der Waals surface area contributed by atoms with Gasteiger partial charge in [0.15, 0.2) is 0 Å². The third kappa shape index (κ3) is 2.18. The fourth-order valence-corrected chi connectivity index (χ4v) is 3.60. The maximum absolute atomic E-state index is 12.5. The van der Waals surface area contributed by atoms with Crippen LogP contribution < -0.4 is 5.32 Å². The molecule has 0 radical (unpaired) electrons. The number of piperidine rings is 1. The van der Waals surface area contributed by atoms with Crippen molar-refractivity contribution in [1.82, 2.24) is 10.2 Å². The molecule has 0 saturated carbocycles. The van der Waals surface area contributed by atoms with Crippen LogP contribution in [0.3, 0.4) is 0 Å². The lowest BCUT2D eigenvalue weighted by molar-refractivity contribution is 0.0924. The Morgan fingerprint density at radius 2 is 2.32 bits per heavy atom. The van der Waals surface area contributed by atoms with Gasteiger partial charge in [0, 0.05) is 30.1 Å². The molecular formula is C18H18N2O2.